The number of nitrogens with one attached hydrogen (secondary N) is 1. The van der Waals surface area contributed by atoms with Gasteiger partial charge in [-0.15, -0.1) is 0 Å². The average molecular weight is 255 g/mol. The fraction of sp³-hybridized carbons (Fsp3) is 0.929. The van der Waals surface area contributed by atoms with Crippen LogP contribution >= 0.6 is 0 Å². The Balaban J connectivity index is 1.84. The molecular weight excluding hydrogens is 230 g/mol. The van der Waals surface area contributed by atoms with Crippen LogP contribution in [0.1, 0.15) is 33.1 Å². The maximum Gasteiger partial charge on any atom is 0.313 e. The maximum atomic E-state index is 12.1. The summed E-state index contributed by atoms with van der Waals surface area (Å²) >= 11 is 0. The minimum absolute atomic E-state index is 0.0846. The summed E-state index contributed by atoms with van der Waals surface area (Å²) < 4.78 is 11.0. The minimum Gasteiger partial charge on any atom is -0.462 e. The summed E-state index contributed by atoms with van der Waals surface area (Å²) in [6.45, 7) is 5.63. The number of carbonyl (C=O) groups is 1. The second-order valence-corrected chi connectivity index (χ2v) is 5.87. The Hall–Kier alpha value is -0.610. The largest absolute Gasteiger partial charge is 0.462 e. The normalized spacial score (nSPS) is 40.7. The highest BCUT2D eigenvalue weighted by atomic mass is 16.5. The monoisotopic (exact) mass is 255 g/mol. The van der Waals surface area contributed by atoms with E-state index in [1.165, 1.54) is 0 Å². The molecule has 1 heterocycles. The smallest absolute Gasteiger partial charge is 0.313 e. The third-order valence-electron chi connectivity index (χ3n) is 4.59. The first-order valence-corrected chi connectivity index (χ1v) is 7.07. The summed E-state index contributed by atoms with van der Waals surface area (Å²) in [7, 11) is 1.87. The molecule has 104 valence electrons. The molecule has 18 heavy (non-hydrogen) atoms. The molecule has 0 bridgehead atoms. The predicted octanol–water partition coefficient (Wildman–Crippen LogP) is 1.59. The summed E-state index contributed by atoms with van der Waals surface area (Å²) in [5.74, 6) is 1.18. The van der Waals surface area contributed by atoms with Gasteiger partial charge in [-0.3, -0.25) is 4.79 Å². The van der Waals surface area contributed by atoms with E-state index in [2.05, 4.69) is 19.2 Å². The van der Waals surface area contributed by atoms with Crippen LogP contribution in [0, 0.1) is 17.8 Å². The number of ether oxygens (including phenoxy) is 2. The SMILES string of the molecule is CNC1COCC1C(=O)OC1CCC(C)C(C)C1. The molecule has 0 spiro atoms. The average Bonchev–Trinajstić information content (AvgIpc) is 2.82. The Labute approximate surface area is 109 Å². The van der Waals surface area contributed by atoms with Crippen molar-refractivity contribution in [3.63, 3.8) is 0 Å². The van der Waals surface area contributed by atoms with Crippen molar-refractivity contribution in [2.75, 3.05) is 20.3 Å². The number of hydrogen-bond donors (Lipinski definition) is 1. The van der Waals surface area contributed by atoms with Crippen molar-refractivity contribution in [1.29, 1.82) is 0 Å². The third-order valence-corrected chi connectivity index (χ3v) is 4.59. The van der Waals surface area contributed by atoms with Gasteiger partial charge in [-0.2, -0.15) is 0 Å². The molecule has 2 aliphatic rings. The third kappa shape index (κ3) is 3.04. The highest BCUT2D eigenvalue weighted by Crippen LogP contribution is 2.31. The quantitative estimate of drug-likeness (QED) is 0.778. The highest BCUT2D eigenvalue weighted by Gasteiger charge is 2.36. The van der Waals surface area contributed by atoms with Gasteiger partial charge >= 0.3 is 5.97 Å². The van der Waals surface area contributed by atoms with Crippen molar-refractivity contribution >= 4 is 5.97 Å². The number of hydrogen-bond acceptors (Lipinski definition) is 4. The van der Waals surface area contributed by atoms with Crippen LogP contribution in [0.2, 0.25) is 0 Å². The molecule has 1 saturated carbocycles. The van der Waals surface area contributed by atoms with Crippen LogP contribution in [0.15, 0.2) is 0 Å². The van der Waals surface area contributed by atoms with Crippen LogP contribution in [0.25, 0.3) is 0 Å². The van der Waals surface area contributed by atoms with Gasteiger partial charge in [-0.05, 0) is 38.1 Å². The van der Waals surface area contributed by atoms with Gasteiger partial charge in [0.1, 0.15) is 6.10 Å². The van der Waals surface area contributed by atoms with Gasteiger partial charge in [-0.1, -0.05) is 13.8 Å². The summed E-state index contributed by atoms with van der Waals surface area (Å²) in [6.07, 6.45) is 3.29. The van der Waals surface area contributed by atoms with E-state index in [0.717, 1.165) is 25.2 Å². The first-order chi connectivity index (χ1) is 8.61. The van der Waals surface area contributed by atoms with Crippen molar-refractivity contribution in [3.05, 3.63) is 0 Å². The maximum absolute atomic E-state index is 12.1. The summed E-state index contributed by atoms with van der Waals surface area (Å²) in [5, 5.41) is 3.12. The lowest BCUT2D eigenvalue weighted by Crippen LogP contribution is -2.40. The zero-order valence-electron chi connectivity index (χ0n) is 11.6. The highest BCUT2D eigenvalue weighted by molar-refractivity contribution is 5.74. The lowest BCUT2D eigenvalue weighted by atomic mass is 9.80. The summed E-state index contributed by atoms with van der Waals surface area (Å²) in [4.78, 5) is 12.1. The van der Waals surface area contributed by atoms with E-state index in [9.17, 15) is 4.79 Å². The zero-order chi connectivity index (χ0) is 13.1. The molecule has 0 aromatic carbocycles. The van der Waals surface area contributed by atoms with Crippen molar-refractivity contribution in [2.24, 2.45) is 17.8 Å². The van der Waals surface area contributed by atoms with Crippen LogP contribution < -0.4 is 5.32 Å². The van der Waals surface area contributed by atoms with Gasteiger partial charge in [-0.25, -0.2) is 0 Å². The number of rotatable bonds is 3. The molecular formula is C14H25NO3. The molecule has 5 unspecified atom stereocenters. The number of likely N-dealkylation sites (N-methyl/N-ethyl adjacent to an activating group) is 1. The first kappa shape index (κ1) is 13.8. The molecule has 0 aromatic heterocycles. The van der Waals surface area contributed by atoms with Crippen molar-refractivity contribution in [1.82, 2.24) is 5.32 Å². The van der Waals surface area contributed by atoms with Crippen LogP contribution in [0.5, 0.6) is 0 Å². The molecule has 5 atom stereocenters. The van der Waals surface area contributed by atoms with E-state index in [-0.39, 0.29) is 24.0 Å². The van der Waals surface area contributed by atoms with Crippen LogP contribution in [-0.2, 0) is 14.3 Å². The van der Waals surface area contributed by atoms with E-state index < -0.39 is 0 Å². The van der Waals surface area contributed by atoms with Crippen molar-refractivity contribution in [2.45, 2.75) is 45.3 Å². The van der Waals surface area contributed by atoms with E-state index >= 15 is 0 Å². The van der Waals surface area contributed by atoms with Gasteiger partial charge in [0.15, 0.2) is 0 Å². The van der Waals surface area contributed by atoms with Gasteiger partial charge < -0.3 is 14.8 Å². The van der Waals surface area contributed by atoms with Crippen LogP contribution in [-0.4, -0.2) is 38.4 Å². The van der Waals surface area contributed by atoms with Crippen molar-refractivity contribution in [3.8, 4) is 0 Å². The van der Waals surface area contributed by atoms with Crippen molar-refractivity contribution < 1.29 is 14.3 Å². The summed E-state index contributed by atoms with van der Waals surface area (Å²) in [5.41, 5.74) is 0. The first-order valence-electron chi connectivity index (χ1n) is 7.07. The van der Waals surface area contributed by atoms with E-state index in [0.29, 0.717) is 19.1 Å². The van der Waals surface area contributed by atoms with Gasteiger partial charge in [0.05, 0.1) is 19.1 Å². The molecule has 4 heteroatoms. The fourth-order valence-electron chi connectivity index (χ4n) is 2.93. The number of carbonyl (C=O) groups excluding carboxylic acids is 1. The van der Waals surface area contributed by atoms with E-state index in [1.807, 2.05) is 7.05 Å². The van der Waals surface area contributed by atoms with Crippen LogP contribution in [0.4, 0.5) is 0 Å². The topological polar surface area (TPSA) is 47.6 Å². The fourth-order valence-corrected chi connectivity index (χ4v) is 2.93. The molecule has 1 aliphatic heterocycles. The van der Waals surface area contributed by atoms with Gasteiger partial charge in [0, 0.05) is 6.04 Å². The minimum atomic E-state index is -0.135. The van der Waals surface area contributed by atoms with E-state index in [4.69, 9.17) is 9.47 Å². The van der Waals surface area contributed by atoms with Crippen LogP contribution in [0.3, 0.4) is 0 Å². The number of esters is 1. The Bertz CT molecular complexity index is 295. The zero-order valence-corrected chi connectivity index (χ0v) is 11.6. The Morgan fingerprint density at radius 3 is 2.67 bits per heavy atom. The van der Waals surface area contributed by atoms with Gasteiger partial charge in [0.25, 0.3) is 0 Å². The Morgan fingerprint density at radius 1 is 1.22 bits per heavy atom. The second kappa shape index (κ2) is 6.02. The predicted molar refractivity (Wildman–Crippen MR) is 69.2 cm³/mol. The molecule has 4 nitrogen and oxygen atoms in total. The molecule has 2 rings (SSSR count). The molecule has 1 saturated heterocycles. The standard InChI is InChI=1S/C14H25NO3/c1-9-4-5-11(6-10(9)2)18-14(16)12-7-17-8-13(12)15-3/h9-13,15H,4-8H2,1-3H3. The lowest BCUT2D eigenvalue weighted by molar-refractivity contribution is -0.157. The molecule has 0 aromatic rings. The molecule has 1 N–H and O–H groups in total. The molecule has 0 radical (unpaired) electrons. The second-order valence-electron chi connectivity index (χ2n) is 5.87. The molecule has 0 amide bonds. The summed E-state index contributed by atoms with van der Waals surface area (Å²) in [6, 6.07) is 0.109. The Morgan fingerprint density at radius 2 is 2.00 bits per heavy atom. The Kier molecular flexibility index (Phi) is 4.62. The molecule has 1 aliphatic carbocycles. The lowest BCUT2D eigenvalue weighted by Gasteiger charge is -2.32. The van der Waals surface area contributed by atoms with E-state index in [1.54, 1.807) is 0 Å². The molecule has 2 fully saturated rings. The van der Waals surface area contributed by atoms with Gasteiger partial charge in [0.2, 0.25) is 0 Å².